The Morgan fingerprint density at radius 1 is 1.15 bits per heavy atom. The predicted octanol–water partition coefficient (Wildman–Crippen LogP) is 2.85. The molecule has 1 N–H and O–H groups in total. The minimum absolute atomic E-state index is 0.157. The lowest BCUT2D eigenvalue weighted by Crippen LogP contribution is -2.36. The number of hydrogen-bond donors (Lipinski definition) is 1. The molecule has 26 heavy (non-hydrogen) atoms. The van der Waals surface area contributed by atoms with Crippen molar-refractivity contribution in [1.82, 2.24) is 5.32 Å². The van der Waals surface area contributed by atoms with Gasteiger partial charge in [0.1, 0.15) is 5.92 Å². The third-order valence-electron chi connectivity index (χ3n) is 4.56. The van der Waals surface area contributed by atoms with Crippen molar-refractivity contribution in [3.8, 4) is 11.5 Å². The molecule has 2 amide bonds. The average molecular weight is 417 g/mol. The highest BCUT2D eigenvalue weighted by Crippen LogP contribution is 2.32. The molecule has 1 atom stereocenters. The van der Waals surface area contributed by atoms with Gasteiger partial charge in [0.15, 0.2) is 11.5 Å². The van der Waals surface area contributed by atoms with E-state index < -0.39 is 5.92 Å². The molecule has 0 bridgehead atoms. The number of carbonyl (C=O) groups excluding carboxylic acids is 2. The van der Waals surface area contributed by atoms with Crippen molar-refractivity contribution in [3.05, 3.63) is 52.5 Å². The van der Waals surface area contributed by atoms with Gasteiger partial charge in [-0.1, -0.05) is 22.0 Å². The van der Waals surface area contributed by atoms with Crippen molar-refractivity contribution >= 4 is 33.4 Å². The van der Waals surface area contributed by atoms with Crippen molar-refractivity contribution in [2.75, 3.05) is 18.2 Å². The largest absolute Gasteiger partial charge is 0.454 e. The molecule has 0 unspecified atom stereocenters. The lowest BCUT2D eigenvalue weighted by atomic mass is 10.1. The fraction of sp³-hybridized carbons (Fsp3) is 0.263. The highest BCUT2D eigenvalue weighted by molar-refractivity contribution is 9.10. The Morgan fingerprint density at radius 3 is 2.73 bits per heavy atom. The van der Waals surface area contributed by atoms with E-state index in [4.69, 9.17) is 9.47 Å². The molecule has 1 fully saturated rings. The van der Waals surface area contributed by atoms with Gasteiger partial charge < -0.3 is 19.7 Å². The maximum absolute atomic E-state index is 12.6. The van der Waals surface area contributed by atoms with E-state index in [1.165, 1.54) is 0 Å². The molecule has 2 aromatic rings. The van der Waals surface area contributed by atoms with Gasteiger partial charge in [-0.15, -0.1) is 0 Å². The maximum Gasteiger partial charge on any atom is 0.239 e. The lowest BCUT2D eigenvalue weighted by molar-refractivity contribution is -0.132. The van der Waals surface area contributed by atoms with Crippen LogP contribution in [0.15, 0.2) is 46.9 Å². The Balaban J connectivity index is 1.38. The fourth-order valence-corrected chi connectivity index (χ4v) is 3.43. The maximum atomic E-state index is 12.6. The van der Waals surface area contributed by atoms with E-state index >= 15 is 0 Å². The first-order chi connectivity index (χ1) is 12.6. The molecule has 4 rings (SSSR count). The molecular weight excluding hydrogens is 400 g/mol. The van der Waals surface area contributed by atoms with Gasteiger partial charge in [-0.05, 0) is 48.4 Å². The molecule has 6 nitrogen and oxygen atoms in total. The summed E-state index contributed by atoms with van der Waals surface area (Å²) in [7, 11) is 0. The number of nitrogens with zero attached hydrogens (tertiary/aromatic N) is 1. The Kier molecular flexibility index (Phi) is 4.55. The summed E-state index contributed by atoms with van der Waals surface area (Å²) in [4.78, 5) is 26.7. The zero-order chi connectivity index (χ0) is 18.1. The van der Waals surface area contributed by atoms with Crippen LogP contribution in [0.2, 0.25) is 0 Å². The Labute approximate surface area is 159 Å². The van der Waals surface area contributed by atoms with Gasteiger partial charge >= 0.3 is 0 Å². The van der Waals surface area contributed by atoms with Crippen LogP contribution in [0.4, 0.5) is 5.69 Å². The molecular formula is C19H17BrN2O4. The van der Waals surface area contributed by atoms with Crippen LogP contribution in [0.1, 0.15) is 12.0 Å². The molecule has 2 aliphatic rings. The second-order valence-corrected chi connectivity index (χ2v) is 7.13. The number of hydrogen-bond acceptors (Lipinski definition) is 4. The van der Waals surface area contributed by atoms with E-state index in [1.807, 2.05) is 42.5 Å². The quantitative estimate of drug-likeness (QED) is 0.778. The molecule has 2 heterocycles. The van der Waals surface area contributed by atoms with Crippen LogP contribution in [0.25, 0.3) is 0 Å². The number of fused-ring (bicyclic) bond motifs is 1. The van der Waals surface area contributed by atoms with Gasteiger partial charge in [-0.3, -0.25) is 9.59 Å². The summed E-state index contributed by atoms with van der Waals surface area (Å²) >= 11 is 3.38. The van der Waals surface area contributed by atoms with Gasteiger partial charge in [0.05, 0.1) is 0 Å². The topological polar surface area (TPSA) is 67.9 Å². The molecule has 0 aromatic heterocycles. The summed E-state index contributed by atoms with van der Waals surface area (Å²) in [6.07, 6.45) is 0.516. The normalized spacial score (nSPS) is 18.3. The molecule has 0 saturated carbocycles. The summed E-state index contributed by atoms with van der Waals surface area (Å²) in [5, 5.41) is 2.85. The van der Waals surface area contributed by atoms with Crippen LogP contribution >= 0.6 is 15.9 Å². The van der Waals surface area contributed by atoms with Crippen LogP contribution in [0.5, 0.6) is 11.5 Å². The first kappa shape index (κ1) is 16.9. The van der Waals surface area contributed by atoms with Crippen molar-refractivity contribution in [2.45, 2.75) is 13.0 Å². The lowest BCUT2D eigenvalue weighted by Gasteiger charge is -2.17. The van der Waals surface area contributed by atoms with Gasteiger partial charge in [-0.25, -0.2) is 0 Å². The fourth-order valence-electron chi connectivity index (χ4n) is 3.16. The van der Waals surface area contributed by atoms with Crippen molar-refractivity contribution < 1.29 is 19.1 Å². The summed E-state index contributed by atoms with van der Waals surface area (Å²) in [5.41, 5.74) is 1.71. The van der Waals surface area contributed by atoms with Gasteiger partial charge in [0.25, 0.3) is 0 Å². The molecule has 1 saturated heterocycles. The van der Waals surface area contributed by atoms with E-state index in [0.29, 0.717) is 31.0 Å². The second-order valence-electron chi connectivity index (χ2n) is 6.21. The van der Waals surface area contributed by atoms with E-state index in [9.17, 15) is 9.59 Å². The van der Waals surface area contributed by atoms with Gasteiger partial charge in [0.2, 0.25) is 18.6 Å². The van der Waals surface area contributed by atoms with E-state index in [2.05, 4.69) is 21.2 Å². The Hall–Kier alpha value is -2.54. The minimum atomic E-state index is -0.646. The number of anilines is 1. The number of halogens is 1. The third kappa shape index (κ3) is 3.26. The minimum Gasteiger partial charge on any atom is -0.454 e. The smallest absolute Gasteiger partial charge is 0.239 e. The number of carbonyl (C=O) groups is 2. The van der Waals surface area contributed by atoms with Crippen molar-refractivity contribution in [1.29, 1.82) is 0 Å². The average Bonchev–Trinajstić information content (AvgIpc) is 3.26. The number of amides is 2. The molecule has 7 heteroatoms. The number of ether oxygens (including phenoxy) is 2. The molecule has 0 radical (unpaired) electrons. The van der Waals surface area contributed by atoms with Crippen LogP contribution in [0, 0.1) is 5.92 Å². The van der Waals surface area contributed by atoms with Crippen molar-refractivity contribution in [3.63, 3.8) is 0 Å². The zero-order valence-corrected chi connectivity index (χ0v) is 15.5. The SMILES string of the molecule is O=C(NCc1ccc2c(c1)OCO2)[C@H]1CCN(c2ccc(Br)cc2)C1=O. The molecule has 0 aliphatic carbocycles. The van der Waals surface area contributed by atoms with Gasteiger partial charge in [-0.2, -0.15) is 0 Å². The summed E-state index contributed by atoms with van der Waals surface area (Å²) in [6.45, 7) is 1.10. The standard InChI is InChI=1S/C19H17BrN2O4/c20-13-2-4-14(5-3-13)22-8-7-15(19(22)24)18(23)21-10-12-1-6-16-17(9-12)26-11-25-16/h1-6,9,15H,7-8,10-11H2,(H,21,23)/t15-/m1/s1. The predicted molar refractivity (Wildman–Crippen MR) is 99.0 cm³/mol. The third-order valence-corrected chi connectivity index (χ3v) is 5.09. The molecule has 2 aliphatic heterocycles. The Bertz CT molecular complexity index is 853. The number of benzene rings is 2. The highest BCUT2D eigenvalue weighted by Gasteiger charge is 2.37. The monoisotopic (exact) mass is 416 g/mol. The Morgan fingerprint density at radius 2 is 1.92 bits per heavy atom. The first-order valence-electron chi connectivity index (χ1n) is 8.35. The van der Waals surface area contributed by atoms with Crippen LogP contribution in [-0.2, 0) is 16.1 Å². The summed E-state index contributed by atoms with van der Waals surface area (Å²) < 4.78 is 11.6. The van der Waals surface area contributed by atoms with Crippen LogP contribution in [0.3, 0.4) is 0 Å². The summed E-state index contributed by atoms with van der Waals surface area (Å²) in [6, 6.07) is 13.0. The van der Waals surface area contributed by atoms with Crippen LogP contribution in [-0.4, -0.2) is 25.2 Å². The van der Waals surface area contributed by atoms with E-state index in [0.717, 1.165) is 15.7 Å². The van der Waals surface area contributed by atoms with E-state index in [1.54, 1.807) is 4.90 Å². The van der Waals surface area contributed by atoms with E-state index in [-0.39, 0.29) is 18.6 Å². The molecule has 0 spiro atoms. The summed E-state index contributed by atoms with van der Waals surface area (Å²) in [5.74, 6) is 0.335. The number of nitrogens with one attached hydrogen (secondary N) is 1. The highest BCUT2D eigenvalue weighted by atomic mass is 79.9. The second kappa shape index (κ2) is 6.99. The first-order valence-corrected chi connectivity index (χ1v) is 9.14. The van der Waals surface area contributed by atoms with Crippen molar-refractivity contribution in [2.24, 2.45) is 5.92 Å². The molecule has 134 valence electrons. The number of rotatable bonds is 4. The molecule has 2 aromatic carbocycles. The zero-order valence-electron chi connectivity index (χ0n) is 13.9. The van der Waals surface area contributed by atoms with Gasteiger partial charge in [0, 0.05) is 23.2 Å². The van der Waals surface area contributed by atoms with Crippen LogP contribution < -0.4 is 19.7 Å².